The first-order valence-corrected chi connectivity index (χ1v) is 13.9. The Labute approximate surface area is 240 Å². The number of methoxy groups -OCH3 is 1. The van der Waals surface area contributed by atoms with Gasteiger partial charge >= 0.3 is 0 Å². The number of amides is 2. The lowest BCUT2D eigenvalue weighted by atomic mass is 10.1. The van der Waals surface area contributed by atoms with Crippen molar-refractivity contribution in [2.24, 2.45) is 9.98 Å². The van der Waals surface area contributed by atoms with Crippen molar-refractivity contribution in [3.63, 3.8) is 0 Å². The molecule has 0 saturated carbocycles. The highest BCUT2D eigenvalue weighted by atomic mass is 16.5. The first-order valence-electron chi connectivity index (χ1n) is 13.9. The number of aryl methyl sites for hydroxylation is 1. The van der Waals surface area contributed by atoms with Crippen LogP contribution in [0, 0.1) is 6.92 Å². The minimum Gasteiger partial charge on any atom is -0.493 e. The summed E-state index contributed by atoms with van der Waals surface area (Å²) in [5.41, 5.74) is 5.12. The second kappa shape index (κ2) is 12.0. The third-order valence-electron chi connectivity index (χ3n) is 7.51. The van der Waals surface area contributed by atoms with Crippen LogP contribution >= 0.6 is 0 Å². The molecule has 0 N–H and O–H groups in total. The van der Waals surface area contributed by atoms with Gasteiger partial charge in [0.2, 0.25) is 0 Å². The van der Waals surface area contributed by atoms with E-state index in [0.29, 0.717) is 79.0 Å². The molecule has 1 unspecified atom stereocenters. The largest absolute Gasteiger partial charge is 0.493 e. The number of benzene rings is 2. The Bertz CT molecular complexity index is 1460. The van der Waals surface area contributed by atoms with Gasteiger partial charge in [-0.2, -0.15) is 0 Å². The molecule has 1 fully saturated rings. The molecule has 0 aromatic heterocycles. The third-order valence-corrected chi connectivity index (χ3v) is 7.51. The zero-order valence-electron chi connectivity index (χ0n) is 23.9. The molecule has 2 amide bonds. The molecule has 9 nitrogen and oxygen atoms in total. The van der Waals surface area contributed by atoms with E-state index in [4.69, 9.17) is 14.2 Å². The van der Waals surface area contributed by atoms with Gasteiger partial charge in [0.05, 0.1) is 55.4 Å². The van der Waals surface area contributed by atoms with Gasteiger partial charge in [0, 0.05) is 44.1 Å². The van der Waals surface area contributed by atoms with Gasteiger partial charge in [-0.15, -0.1) is 0 Å². The van der Waals surface area contributed by atoms with E-state index >= 15 is 0 Å². The van der Waals surface area contributed by atoms with Crippen molar-refractivity contribution < 1.29 is 23.8 Å². The van der Waals surface area contributed by atoms with Crippen molar-refractivity contribution in [2.45, 2.75) is 39.2 Å². The van der Waals surface area contributed by atoms with Gasteiger partial charge in [0.25, 0.3) is 11.8 Å². The second-order valence-corrected chi connectivity index (χ2v) is 10.5. The van der Waals surface area contributed by atoms with Crippen LogP contribution < -0.4 is 14.2 Å². The molecular weight excluding hydrogens is 520 g/mol. The first-order chi connectivity index (χ1) is 19.8. The van der Waals surface area contributed by atoms with Crippen LogP contribution in [0.3, 0.4) is 0 Å². The van der Waals surface area contributed by atoms with Crippen LogP contribution in [0.15, 0.2) is 58.6 Å². The maximum absolute atomic E-state index is 13.2. The van der Waals surface area contributed by atoms with E-state index in [1.807, 2.05) is 32.2 Å². The fourth-order valence-corrected chi connectivity index (χ4v) is 5.15. The highest BCUT2D eigenvalue weighted by Gasteiger charge is 2.34. The van der Waals surface area contributed by atoms with Crippen LogP contribution in [-0.4, -0.2) is 80.0 Å². The van der Waals surface area contributed by atoms with Crippen molar-refractivity contribution in [3.05, 3.63) is 65.3 Å². The third kappa shape index (κ3) is 5.89. The highest BCUT2D eigenvalue weighted by Crippen LogP contribution is 2.38. The number of aliphatic imine (C=N–C) groups is 2. The number of ether oxygens (including phenoxy) is 3. The molecule has 0 radical (unpaired) electrons. The Morgan fingerprint density at radius 2 is 1.71 bits per heavy atom. The maximum Gasteiger partial charge on any atom is 0.257 e. The number of carbonyl (C=O) groups is 2. The summed E-state index contributed by atoms with van der Waals surface area (Å²) in [5.74, 6) is 1.54. The maximum atomic E-state index is 13.2. The predicted molar refractivity (Wildman–Crippen MR) is 160 cm³/mol. The molecule has 41 heavy (non-hydrogen) atoms. The quantitative estimate of drug-likeness (QED) is 0.286. The second-order valence-electron chi connectivity index (χ2n) is 10.5. The summed E-state index contributed by atoms with van der Waals surface area (Å²) in [4.78, 5) is 38.9. The van der Waals surface area contributed by atoms with E-state index in [1.165, 1.54) is 0 Å². The Balaban J connectivity index is 1.20. The van der Waals surface area contributed by atoms with E-state index in [0.717, 1.165) is 29.6 Å². The molecule has 2 aromatic carbocycles. The van der Waals surface area contributed by atoms with Gasteiger partial charge in [-0.25, -0.2) is 0 Å². The van der Waals surface area contributed by atoms with Crippen LogP contribution in [0.2, 0.25) is 0 Å². The molecule has 3 aliphatic rings. The summed E-state index contributed by atoms with van der Waals surface area (Å²) in [7, 11) is 1.55. The van der Waals surface area contributed by atoms with Crippen LogP contribution in [0.1, 0.15) is 52.5 Å². The lowest BCUT2D eigenvalue weighted by Crippen LogP contribution is -2.35. The average Bonchev–Trinajstić information content (AvgIpc) is 3.22. The molecule has 214 valence electrons. The molecule has 0 spiro atoms. The molecule has 3 heterocycles. The summed E-state index contributed by atoms with van der Waals surface area (Å²) >= 11 is 0. The Morgan fingerprint density at radius 3 is 2.46 bits per heavy atom. The Hall–Kier alpha value is -4.40. The fraction of sp³-hybridized carbons (Fsp3) is 0.375. The Morgan fingerprint density at radius 1 is 1.00 bits per heavy atom. The van der Waals surface area contributed by atoms with Gasteiger partial charge in [-0.3, -0.25) is 19.6 Å². The number of fused-ring (bicyclic) bond motifs is 3. The number of hydrogen-bond donors (Lipinski definition) is 0. The van der Waals surface area contributed by atoms with Crippen molar-refractivity contribution in [1.82, 2.24) is 9.80 Å². The fourth-order valence-electron chi connectivity index (χ4n) is 5.15. The highest BCUT2D eigenvalue weighted by molar-refractivity contribution is 6.04. The van der Waals surface area contributed by atoms with Crippen LogP contribution in [0.25, 0.3) is 0 Å². The van der Waals surface area contributed by atoms with E-state index < -0.39 is 0 Å². The van der Waals surface area contributed by atoms with Crippen molar-refractivity contribution in [1.29, 1.82) is 0 Å². The summed E-state index contributed by atoms with van der Waals surface area (Å²) in [6, 6.07) is 7.05. The minimum absolute atomic E-state index is 0.0539. The summed E-state index contributed by atoms with van der Waals surface area (Å²) < 4.78 is 17.6. The van der Waals surface area contributed by atoms with Crippen LogP contribution in [0.5, 0.6) is 17.2 Å². The van der Waals surface area contributed by atoms with E-state index in [-0.39, 0.29) is 17.9 Å². The van der Waals surface area contributed by atoms with Crippen molar-refractivity contribution in [2.75, 3.05) is 40.0 Å². The SMILES string of the molecule is C=C(CC)CN1CC=Nc2cc(OCCCOc3cc4c(cc3OC)C(=O)N3CC(=C)CC3C=N4)c(C)cc2C1=O. The number of nitrogens with zero attached hydrogens (tertiary/aromatic N) is 4. The number of hydrogen-bond acceptors (Lipinski definition) is 7. The number of carbonyl (C=O) groups excluding carboxylic acids is 2. The summed E-state index contributed by atoms with van der Waals surface area (Å²) in [5, 5.41) is 0. The summed E-state index contributed by atoms with van der Waals surface area (Å²) in [6.07, 6.45) is 5.72. The van der Waals surface area contributed by atoms with E-state index in [1.54, 1.807) is 35.3 Å². The van der Waals surface area contributed by atoms with Gasteiger partial charge in [-0.1, -0.05) is 31.2 Å². The Kier molecular flexibility index (Phi) is 8.23. The molecule has 1 saturated heterocycles. The molecule has 0 aliphatic carbocycles. The topological polar surface area (TPSA) is 93.0 Å². The molecule has 3 aliphatic heterocycles. The molecule has 0 bridgehead atoms. The first kappa shape index (κ1) is 28.1. The van der Waals surface area contributed by atoms with Gasteiger partial charge in [0.1, 0.15) is 5.75 Å². The lowest BCUT2D eigenvalue weighted by molar-refractivity contribution is 0.0774. The molecule has 9 heteroatoms. The number of rotatable bonds is 10. The zero-order chi connectivity index (χ0) is 29.1. The standard InChI is InChI=1S/C32H36N4O5/c1-6-20(2)18-35-9-8-33-26-15-28(22(4)13-24(26)31(35)37)40-10-7-11-41-30-16-27-25(14-29(30)39-5)32(38)36-19-21(3)12-23(36)17-34-27/h8,13-17,23H,2-3,6-7,9-12,18-19H2,1,4-5H3. The van der Waals surface area contributed by atoms with Crippen molar-refractivity contribution >= 4 is 35.6 Å². The monoisotopic (exact) mass is 556 g/mol. The van der Waals surface area contributed by atoms with Crippen LogP contribution in [-0.2, 0) is 0 Å². The van der Waals surface area contributed by atoms with Gasteiger partial charge in [-0.05, 0) is 37.5 Å². The smallest absolute Gasteiger partial charge is 0.257 e. The van der Waals surface area contributed by atoms with Crippen molar-refractivity contribution in [3.8, 4) is 17.2 Å². The molecule has 5 rings (SSSR count). The normalized spacial score (nSPS) is 17.5. The molecular formula is C32H36N4O5. The minimum atomic E-state index is -0.0827. The summed E-state index contributed by atoms with van der Waals surface area (Å²) in [6.45, 7) is 14.3. The van der Waals surface area contributed by atoms with E-state index in [9.17, 15) is 9.59 Å². The zero-order valence-corrected chi connectivity index (χ0v) is 23.9. The predicted octanol–water partition coefficient (Wildman–Crippen LogP) is 5.46. The van der Waals surface area contributed by atoms with Crippen LogP contribution in [0.4, 0.5) is 11.4 Å². The van der Waals surface area contributed by atoms with E-state index in [2.05, 4.69) is 23.1 Å². The van der Waals surface area contributed by atoms with Gasteiger partial charge < -0.3 is 24.0 Å². The van der Waals surface area contributed by atoms with Gasteiger partial charge in [0.15, 0.2) is 11.5 Å². The average molecular weight is 557 g/mol. The molecule has 1 atom stereocenters. The molecule has 2 aromatic rings. The lowest BCUT2D eigenvalue weighted by Gasteiger charge is -2.21.